The third-order valence-corrected chi connectivity index (χ3v) is 3.23. The highest BCUT2D eigenvalue weighted by molar-refractivity contribution is 5.94. The van der Waals surface area contributed by atoms with E-state index in [-0.39, 0.29) is 13.2 Å². The molecule has 2 rings (SSSR count). The molecule has 1 atom stereocenters. The van der Waals surface area contributed by atoms with E-state index in [2.05, 4.69) is 10.6 Å². The molecule has 23 heavy (non-hydrogen) atoms. The van der Waals surface area contributed by atoms with Gasteiger partial charge in [-0.15, -0.1) is 0 Å². The Bertz CT molecular complexity index is 674. The van der Waals surface area contributed by atoms with Crippen molar-refractivity contribution in [3.05, 3.63) is 41.1 Å². The number of ether oxygens (including phenoxy) is 2. The molecule has 0 saturated carbocycles. The van der Waals surface area contributed by atoms with Crippen LogP contribution in [0.2, 0.25) is 0 Å². The number of amides is 2. The van der Waals surface area contributed by atoms with Crippen molar-refractivity contribution in [2.45, 2.75) is 19.9 Å². The fraction of sp³-hybridized carbons (Fsp3) is 0.312. The summed E-state index contributed by atoms with van der Waals surface area (Å²) in [5.41, 5.74) is 1.22. The van der Waals surface area contributed by atoms with Crippen LogP contribution in [0.15, 0.2) is 35.5 Å². The second-order valence-electron chi connectivity index (χ2n) is 4.86. The fourth-order valence-corrected chi connectivity index (χ4v) is 2.17. The molecule has 1 heterocycles. The van der Waals surface area contributed by atoms with Crippen LogP contribution in [0.5, 0.6) is 5.75 Å². The normalized spacial score (nSPS) is 16.9. The van der Waals surface area contributed by atoms with Gasteiger partial charge in [0.15, 0.2) is 0 Å². The largest absolute Gasteiger partial charge is 0.487 e. The minimum absolute atomic E-state index is 0.0117. The SMILES string of the molecule is CCOC(=O)C1=C(COc2ccc(C#N)cc2)NC(=O)N[C@@H]1C. The third-order valence-electron chi connectivity index (χ3n) is 3.23. The summed E-state index contributed by atoms with van der Waals surface area (Å²) in [6.07, 6.45) is 0. The van der Waals surface area contributed by atoms with E-state index in [1.807, 2.05) is 6.07 Å². The van der Waals surface area contributed by atoms with Gasteiger partial charge in [-0.25, -0.2) is 9.59 Å². The molecule has 1 aliphatic rings. The number of urea groups is 1. The summed E-state index contributed by atoms with van der Waals surface area (Å²) in [5, 5.41) is 14.0. The van der Waals surface area contributed by atoms with E-state index >= 15 is 0 Å². The lowest BCUT2D eigenvalue weighted by atomic mass is 10.0. The first kappa shape index (κ1) is 16.4. The second-order valence-corrected chi connectivity index (χ2v) is 4.86. The first-order chi connectivity index (χ1) is 11.0. The van der Waals surface area contributed by atoms with E-state index < -0.39 is 18.0 Å². The van der Waals surface area contributed by atoms with E-state index in [4.69, 9.17) is 14.7 Å². The van der Waals surface area contributed by atoms with Gasteiger partial charge in [-0.2, -0.15) is 5.26 Å². The summed E-state index contributed by atoms with van der Waals surface area (Å²) in [4.78, 5) is 23.7. The van der Waals surface area contributed by atoms with E-state index in [1.54, 1.807) is 38.1 Å². The highest BCUT2D eigenvalue weighted by atomic mass is 16.5. The van der Waals surface area contributed by atoms with Crippen LogP contribution in [-0.2, 0) is 9.53 Å². The van der Waals surface area contributed by atoms with Gasteiger partial charge < -0.3 is 20.1 Å². The Morgan fingerprint density at radius 2 is 2.04 bits per heavy atom. The van der Waals surface area contributed by atoms with Crippen LogP contribution in [0, 0.1) is 11.3 Å². The predicted octanol–water partition coefficient (Wildman–Crippen LogP) is 1.46. The molecule has 0 fully saturated rings. The van der Waals surface area contributed by atoms with Crippen LogP contribution in [0.4, 0.5) is 4.79 Å². The summed E-state index contributed by atoms with van der Waals surface area (Å²) in [7, 11) is 0. The Kier molecular flexibility index (Phi) is 5.20. The average Bonchev–Trinajstić information content (AvgIpc) is 2.53. The quantitative estimate of drug-likeness (QED) is 0.801. The predicted molar refractivity (Wildman–Crippen MR) is 81.4 cm³/mol. The molecule has 2 amide bonds. The number of nitriles is 1. The van der Waals surface area contributed by atoms with E-state index in [0.29, 0.717) is 22.6 Å². The van der Waals surface area contributed by atoms with Gasteiger partial charge in [-0.1, -0.05) is 0 Å². The number of hydrogen-bond donors (Lipinski definition) is 2. The van der Waals surface area contributed by atoms with Gasteiger partial charge in [0.05, 0.1) is 35.6 Å². The fourth-order valence-electron chi connectivity index (χ4n) is 2.17. The second kappa shape index (κ2) is 7.31. The maximum atomic E-state index is 12.1. The summed E-state index contributed by atoms with van der Waals surface area (Å²) >= 11 is 0. The van der Waals surface area contributed by atoms with Gasteiger partial charge in [0, 0.05) is 0 Å². The molecule has 7 nitrogen and oxygen atoms in total. The van der Waals surface area contributed by atoms with Crippen LogP contribution in [-0.4, -0.2) is 31.3 Å². The third kappa shape index (κ3) is 4.01. The molecule has 0 aromatic heterocycles. The number of carbonyl (C=O) groups is 2. The molecule has 0 spiro atoms. The molecule has 2 N–H and O–H groups in total. The summed E-state index contributed by atoms with van der Waals surface area (Å²) < 4.78 is 10.6. The van der Waals surface area contributed by atoms with Gasteiger partial charge in [-0.3, -0.25) is 0 Å². The Labute approximate surface area is 133 Å². The minimum atomic E-state index is -0.495. The summed E-state index contributed by atoms with van der Waals surface area (Å²) in [6, 6.07) is 7.69. The van der Waals surface area contributed by atoms with Crippen molar-refractivity contribution in [2.24, 2.45) is 0 Å². The lowest BCUT2D eigenvalue weighted by molar-refractivity contribution is -0.139. The number of nitrogens with zero attached hydrogens (tertiary/aromatic N) is 1. The maximum absolute atomic E-state index is 12.1. The van der Waals surface area contributed by atoms with Gasteiger partial charge >= 0.3 is 12.0 Å². The van der Waals surface area contributed by atoms with Crippen LogP contribution in [0.25, 0.3) is 0 Å². The average molecular weight is 315 g/mol. The van der Waals surface area contributed by atoms with Crippen molar-refractivity contribution >= 4 is 12.0 Å². The zero-order valence-electron chi connectivity index (χ0n) is 12.9. The van der Waals surface area contributed by atoms with Crippen molar-refractivity contribution in [1.29, 1.82) is 5.26 Å². The molecule has 1 aromatic rings. The topological polar surface area (TPSA) is 100 Å². The first-order valence-electron chi connectivity index (χ1n) is 7.15. The molecule has 1 aromatic carbocycles. The Morgan fingerprint density at radius 1 is 1.35 bits per heavy atom. The molecule has 1 aliphatic heterocycles. The van der Waals surface area contributed by atoms with Crippen LogP contribution < -0.4 is 15.4 Å². The number of rotatable bonds is 5. The number of nitrogens with one attached hydrogen (secondary N) is 2. The molecule has 0 unspecified atom stereocenters. The molecular weight excluding hydrogens is 298 g/mol. The number of benzene rings is 1. The highest BCUT2D eigenvalue weighted by Gasteiger charge is 2.29. The smallest absolute Gasteiger partial charge is 0.338 e. The molecule has 0 radical (unpaired) electrons. The molecule has 120 valence electrons. The summed E-state index contributed by atoms with van der Waals surface area (Å²) in [5.74, 6) is 0.0334. The lowest BCUT2D eigenvalue weighted by Gasteiger charge is -2.26. The molecule has 0 bridgehead atoms. The Morgan fingerprint density at radius 3 is 2.65 bits per heavy atom. The van der Waals surface area contributed by atoms with Gasteiger partial charge in [0.25, 0.3) is 0 Å². The summed E-state index contributed by atoms with van der Waals surface area (Å²) in [6.45, 7) is 3.67. The zero-order valence-corrected chi connectivity index (χ0v) is 12.9. The lowest BCUT2D eigenvalue weighted by Crippen LogP contribution is -2.50. The van der Waals surface area contributed by atoms with E-state index in [0.717, 1.165) is 0 Å². The standard InChI is InChI=1S/C16H17N3O4/c1-3-22-15(20)14-10(2)18-16(21)19-13(14)9-23-12-6-4-11(8-17)5-7-12/h4-7,10H,3,9H2,1-2H3,(H2,18,19,21)/t10-/m1/s1. The molecule has 0 aliphatic carbocycles. The van der Waals surface area contributed by atoms with Crippen molar-refractivity contribution in [1.82, 2.24) is 10.6 Å². The van der Waals surface area contributed by atoms with Crippen molar-refractivity contribution in [3.63, 3.8) is 0 Å². The van der Waals surface area contributed by atoms with Crippen molar-refractivity contribution in [2.75, 3.05) is 13.2 Å². The number of esters is 1. The van der Waals surface area contributed by atoms with Crippen LogP contribution in [0.3, 0.4) is 0 Å². The van der Waals surface area contributed by atoms with Gasteiger partial charge in [0.1, 0.15) is 12.4 Å². The van der Waals surface area contributed by atoms with E-state index in [1.165, 1.54) is 0 Å². The molecule has 7 heteroatoms. The van der Waals surface area contributed by atoms with Crippen molar-refractivity contribution < 1.29 is 19.1 Å². The molecular formula is C16H17N3O4. The number of hydrogen-bond acceptors (Lipinski definition) is 5. The van der Waals surface area contributed by atoms with E-state index in [9.17, 15) is 9.59 Å². The number of carbonyl (C=O) groups excluding carboxylic acids is 2. The first-order valence-corrected chi connectivity index (χ1v) is 7.15. The monoisotopic (exact) mass is 315 g/mol. The van der Waals surface area contributed by atoms with Crippen LogP contribution >= 0.6 is 0 Å². The zero-order chi connectivity index (χ0) is 16.8. The molecule has 0 saturated heterocycles. The Hall–Kier alpha value is -3.01. The van der Waals surface area contributed by atoms with Crippen molar-refractivity contribution in [3.8, 4) is 11.8 Å². The maximum Gasteiger partial charge on any atom is 0.338 e. The van der Waals surface area contributed by atoms with Gasteiger partial charge in [-0.05, 0) is 38.1 Å². The van der Waals surface area contributed by atoms with Crippen LogP contribution in [0.1, 0.15) is 19.4 Å². The van der Waals surface area contributed by atoms with Gasteiger partial charge in [0.2, 0.25) is 0 Å². The Balaban J connectivity index is 2.17. The minimum Gasteiger partial charge on any atom is -0.487 e. The highest BCUT2D eigenvalue weighted by Crippen LogP contribution is 2.17.